The number of nitrogens with one attached hydrogen (secondary N) is 1. The molecule has 0 heterocycles. The van der Waals surface area contributed by atoms with Gasteiger partial charge in [-0.05, 0) is 37.5 Å². The van der Waals surface area contributed by atoms with Gasteiger partial charge in [-0.3, -0.25) is 0 Å². The van der Waals surface area contributed by atoms with Crippen molar-refractivity contribution in [3.05, 3.63) is 23.8 Å². The first kappa shape index (κ1) is 16.4. The predicted octanol–water partition coefficient (Wildman–Crippen LogP) is 1.24. The summed E-state index contributed by atoms with van der Waals surface area (Å²) in [5, 5.41) is 8.72. The monoisotopic (exact) mass is 297 g/mol. The number of unbranched alkanes of at least 4 members (excludes halogenated alkanes) is 2. The Balaban J connectivity index is 2.59. The molecule has 0 aliphatic rings. The zero-order valence-corrected chi connectivity index (χ0v) is 12.2. The topological polar surface area (TPSA) is 105 Å². The molecular formula is C13H19N3O3S. The van der Waals surface area contributed by atoms with E-state index in [0.717, 1.165) is 19.3 Å². The van der Waals surface area contributed by atoms with Crippen molar-refractivity contribution in [1.29, 1.82) is 5.26 Å². The molecule has 7 heteroatoms. The van der Waals surface area contributed by atoms with E-state index in [2.05, 4.69) is 4.72 Å². The van der Waals surface area contributed by atoms with E-state index in [4.69, 9.17) is 15.7 Å². The molecule has 0 unspecified atom stereocenters. The highest BCUT2D eigenvalue weighted by Gasteiger charge is 2.16. The molecule has 1 aromatic carbocycles. The Bertz CT molecular complexity index is 579. The van der Waals surface area contributed by atoms with Crippen LogP contribution in [-0.4, -0.2) is 28.7 Å². The quantitative estimate of drug-likeness (QED) is 0.554. The average Bonchev–Trinajstić information content (AvgIpc) is 2.42. The number of methoxy groups -OCH3 is 1. The van der Waals surface area contributed by atoms with Crippen LogP contribution in [0.1, 0.15) is 24.8 Å². The van der Waals surface area contributed by atoms with Gasteiger partial charge in [0.15, 0.2) is 0 Å². The Kier molecular flexibility index (Phi) is 6.45. The first-order valence-electron chi connectivity index (χ1n) is 6.29. The lowest BCUT2D eigenvalue weighted by Gasteiger charge is -2.09. The second kappa shape index (κ2) is 7.85. The number of nitriles is 1. The van der Waals surface area contributed by atoms with Crippen LogP contribution in [-0.2, 0) is 14.8 Å². The van der Waals surface area contributed by atoms with Gasteiger partial charge in [0.05, 0.1) is 17.3 Å². The second-order valence-electron chi connectivity index (χ2n) is 4.32. The van der Waals surface area contributed by atoms with Crippen LogP contribution in [0, 0.1) is 11.3 Å². The van der Waals surface area contributed by atoms with Crippen molar-refractivity contribution < 1.29 is 13.2 Å². The molecule has 0 aromatic heterocycles. The van der Waals surface area contributed by atoms with Crippen molar-refractivity contribution >= 4 is 15.7 Å². The summed E-state index contributed by atoms with van der Waals surface area (Å²) in [5.74, 6) is 0. The largest absolute Gasteiger partial charge is 0.398 e. The van der Waals surface area contributed by atoms with Crippen LogP contribution in [0.4, 0.5) is 5.69 Å². The molecule has 0 atom stereocenters. The number of ether oxygens (including phenoxy) is 1. The van der Waals surface area contributed by atoms with Crippen LogP contribution in [0.5, 0.6) is 0 Å². The zero-order chi connectivity index (χ0) is 15.0. The van der Waals surface area contributed by atoms with E-state index in [1.165, 1.54) is 18.2 Å². The molecule has 20 heavy (non-hydrogen) atoms. The molecule has 1 rings (SSSR count). The molecule has 6 nitrogen and oxygen atoms in total. The highest BCUT2D eigenvalue weighted by molar-refractivity contribution is 7.89. The van der Waals surface area contributed by atoms with Gasteiger partial charge in [0.1, 0.15) is 4.90 Å². The fraction of sp³-hybridized carbons (Fsp3) is 0.462. The summed E-state index contributed by atoms with van der Waals surface area (Å²) in [7, 11) is -1.99. The summed E-state index contributed by atoms with van der Waals surface area (Å²) < 4.78 is 31.5. The summed E-state index contributed by atoms with van der Waals surface area (Å²) in [6.07, 6.45) is 2.52. The molecule has 0 radical (unpaired) electrons. The minimum Gasteiger partial charge on any atom is -0.398 e. The lowest BCUT2D eigenvalue weighted by molar-refractivity contribution is 0.192. The molecular weight excluding hydrogens is 278 g/mol. The number of nitrogens with two attached hydrogens (primary N) is 1. The molecule has 0 amide bonds. The molecule has 0 fully saturated rings. The number of anilines is 1. The van der Waals surface area contributed by atoms with E-state index in [1.54, 1.807) is 7.11 Å². The standard InChI is InChI=1S/C13H19N3O3S/c1-19-8-4-2-3-7-16-20(17,18)13-6-5-11(10-14)9-12(13)15/h5-6,9,16H,2-4,7-8,15H2,1H3. The Morgan fingerprint density at radius 3 is 2.70 bits per heavy atom. The second-order valence-corrected chi connectivity index (χ2v) is 6.05. The Morgan fingerprint density at radius 2 is 2.10 bits per heavy atom. The van der Waals surface area contributed by atoms with Crippen LogP contribution in [0.25, 0.3) is 0 Å². The Labute approximate surface area is 119 Å². The number of hydrogen-bond donors (Lipinski definition) is 2. The highest BCUT2D eigenvalue weighted by atomic mass is 32.2. The van der Waals surface area contributed by atoms with Gasteiger partial charge in [-0.1, -0.05) is 0 Å². The minimum absolute atomic E-state index is 0.00777. The molecule has 0 saturated heterocycles. The molecule has 110 valence electrons. The van der Waals surface area contributed by atoms with E-state index in [0.29, 0.717) is 18.7 Å². The summed E-state index contributed by atoms with van der Waals surface area (Å²) in [5.41, 5.74) is 6.08. The van der Waals surface area contributed by atoms with Crippen molar-refractivity contribution in [3.8, 4) is 6.07 Å². The molecule has 1 aromatic rings. The number of sulfonamides is 1. The first-order valence-corrected chi connectivity index (χ1v) is 7.78. The van der Waals surface area contributed by atoms with Gasteiger partial charge < -0.3 is 10.5 Å². The van der Waals surface area contributed by atoms with Gasteiger partial charge in [-0.2, -0.15) is 5.26 Å². The molecule has 3 N–H and O–H groups in total. The van der Waals surface area contributed by atoms with Crippen molar-refractivity contribution in [3.63, 3.8) is 0 Å². The van der Waals surface area contributed by atoms with Gasteiger partial charge in [-0.25, -0.2) is 13.1 Å². The number of nitrogen functional groups attached to an aromatic ring is 1. The number of nitrogens with zero attached hydrogens (tertiary/aromatic N) is 1. The molecule has 0 saturated carbocycles. The third-order valence-corrected chi connectivity index (χ3v) is 4.28. The third kappa shape index (κ3) is 4.81. The zero-order valence-electron chi connectivity index (χ0n) is 11.4. The van der Waals surface area contributed by atoms with Crippen molar-refractivity contribution in [2.24, 2.45) is 0 Å². The summed E-state index contributed by atoms with van der Waals surface area (Å²) in [6, 6.07) is 6.05. The van der Waals surface area contributed by atoms with Gasteiger partial charge >= 0.3 is 0 Å². The van der Waals surface area contributed by atoms with Crippen LogP contribution in [0.2, 0.25) is 0 Å². The maximum Gasteiger partial charge on any atom is 0.242 e. The fourth-order valence-electron chi connectivity index (χ4n) is 1.70. The van der Waals surface area contributed by atoms with E-state index >= 15 is 0 Å². The average molecular weight is 297 g/mol. The van der Waals surface area contributed by atoms with Crippen LogP contribution < -0.4 is 10.5 Å². The predicted molar refractivity (Wildman–Crippen MR) is 76.5 cm³/mol. The van der Waals surface area contributed by atoms with Crippen molar-refractivity contribution in [2.45, 2.75) is 24.2 Å². The van der Waals surface area contributed by atoms with Crippen LogP contribution >= 0.6 is 0 Å². The van der Waals surface area contributed by atoms with Gasteiger partial charge in [0, 0.05) is 20.3 Å². The normalized spacial score (nSPS) is 11.2. The lowest BCUT2D eigenvalue weighted by Crippen LogP contribution is -2.25. The fourth-order valence-corrected chi connectivity index (χ4v) is 2.88. The number of benzene rings is 1. The number of rotatable bonds is 8. The maximum atomic E-state index is 12.0. The first-order chi connectivity index (χ1) is 9.51. The lowest BCUT2D eigenvalue weighted by atomic mass is 10.2. The molecule has 0 bridgehead atoms. The van der Waals surface area contributed by atoms with Crippen LogP contribution in [0.3, 0.4) is 0 Å². The molecule has 0 spiro atoms. The molecule has 0 aliphatic carbocycles. The molecule has 0 aliphatic heterocycles. The van der Waals surface area contributed by atoms with E-state index in [-0.39, 0.29) is 10.6 Å². The van der Waals surface area contributed by atoms with E-state index in [9.17, 15) is 8.42 Å². The SMILES string of the molecule is COCCCCCNS(=O)(=O)c1ccc(C#N)cc1N. The van der Waals surface area contributed by atoms with Crippen molar-refractivity contribution in [2.75, 3.05) is 26.0 Å². The minimum atomic E-state index is -3.62. The smallest absolute Gasteiger partial charge is 0.242 e. The van der Waals surface area contributed by atoms with Crippen LogP contribution in [0.15, 0.2) is 23.1 Å². The van der Waals surface area contributed by atoms with Gasteiger partial charge in [0.25, 0.3) is 0 Å². The third-order valence-electron chi connectivity index (χ3n) is 2.75. The summed E-state index contributed by atoms with van der Waals surface area (Å²) in [4.78, 5) is 0.00777. The highest BCUT2D eigenvalue weighted by Crippen LogP contribution is 2.19. The maximum absolute atomic E-state index is 12.0. The van der Waals surface area contributed by atoms with Gasteiger partial charge in [-0.15, -0.1) is 0 Å². The Hall–Kier alpha value is -1.62. The van der Waals surface area contributed by atoms with E-state index < -0.39 is 10.0 Å². The number of hydrogen-bond acceptors (Lipinski definition) is 5. The van der Waals surface area contributed by atoms with Crippen molar-refractivity contribution in [1.82, 2.24) is 4.72 Å². The van der Waals surface area contributed by atoms with Gasteiger partial charge in [0.2, 0.25) is 10.0 Å². The summed E-state index contributed by atoms with van der Waals surface area (Å²) >= 11 is 0. The Morgan fingerprint density at radius 1 is 1.35 bits per heavy atom. The van der Waals surface area contributed by atoms with E-state index in [1.807, 2.05) is 6.07 Å². The summed E-state index contributed by atoms with van der Waals surface area (Å²) in [6.45, 7) is 1.03.